The summed E-state index contributed by atoms with van der Waals surface area (Å²) in [5.41, 5.74) is 4.43. The summed E-state index contributed by atoms with van der Waals surface area (Å²) in [5, 5.41) is 3.75. The molecule has 0 radical (unpaired) electrons. The average molecular weight is 315 g/mol. The predicted octanol–water partition coefficient (Wildman–Crippen LogP) is 3.99. The van der Waals surface area contributed by atoms with Crippen LogP contribution in [0.1, 0.15) is 71.9 Å². The molecule has 0 saturated carbocycles. The molecule has 1 aromatic rings. The van der Waals surface area contributed by atoms with Gasteiger partial charge >= 0.3 is 7.12 Å². The van der Waals surface area contributed by atoms with Gasteiger partial charge in [-0.25, -0.2) is 0 Å². The smallest absolute Gasteiger partial charge is 0.399 e. The van der Waals surface area contributed by atoms with Gasteiger partial charge in [0.15, 0.2) is 0 Å². The third-order valence-electron chi connectivity index (χ3n) is 5.80. The monoisotopic (exact) mass is 315 g/mol. The summed E-state index contributed by atoms with van der Waals surface area (Å²) < 4.78 is 12.7. The minimum absolute atomic E-state index is 0.0819. The van der Waals surface area contributed by atoms with Gasteiger partial charge in [-0.3, -0.25) is 0 Å². The molecule has 0 aromatic heterocycles. The highest BCUT2D eigenvalue weighted by molar-refractivity contribution is 6.64. The van der Waals surface area contributed by atoms with Gasteiger partial charge in [0.1, 0.15) is 0 Å². The number of anilines is 1. The fourth-order valence-electron chi connectivity index (χ4n) is 3.82. The predicted molar refractivity (Wildman–Crippen MR) is 97.6 cm³/mol. The Morgan fingerprint density at radius 1 is 1.04 bits per heavy atom. The Morgan fingerprint density at radius 3 is 2.17 bits per heavy atom. The molecule has 1 N–H and O–H groups in total. The second kappa shape index (κ2) is 5.00. The fourth-order valence-corrected chi connectivity index (χ4v) is 3.82. The van der Waals surface area contributed by atoms with E-state index in [1.807, 2.05) is 0 Å². The maximum Gasteiger partial charge on any atom is 0.497 e. The largest absolute Gasteiger partial charge is 0.497 e. The standard InChI is InChI=1S/C19H30BNO2/c1-12-9-10-14-13(2)11-17(3,4)21-16(14)15(12)20-22-18(5,6)19(7,8)23-20/h9-10,13,21H,11H2,1-8H3. The number of benzene rings is 1. The molecule has 1 atom stereocenters. The Balaban J connectivity index is 2.10. The molecule has 0 bridgehead atoms. The minimum Gasteiger partial charge on any atom is -0.399 e. The first kappa shape index (κ1) is 16.8. The van der Waals surface area contributed by atoms with Crippen LogP contribution in [0.25, 0.3) is 0 Å². The van der Waals surface area contributed by atoms with Gasteiger partial charge in [-0.05, 0) is 71.9 Å². The van der Waals surface area contributed by atoms with Gasteiger partial charge in [-0.1, -0.05) is 19.1 Å². The van der Waals surface area contributed by atoms with Crippen molar-refractivity contribution in [3.8, 4) is 0 Å². The molecule has 2 heterocycles. The molecule has 0 aliphatic carbocycles. The lowest BCUT2D eigenvalue weighted by Gasteiger charge is -2.39. The van der Waals surface area contributed by atoms with Crippen molar-refractivity contribution in [3.05, 3.63) is 23.3 Å². The van der Waals surface area contributed by atoms with Crippen LogP contribution >= 0.6 is 0 Å². The highest BCUT2D eigenvalue weighted by Gasteiger charge is 2.53. The van der Waals surface area contributed by atoms with Gasteiger partial charge in [0, 0.05) is 16.7 Å². The molecule has 0 amide bonds. The van der Waals surface area contributed by atoms with Crippen molar-refractivity contribution in [1.82, 2.24) is 0 Å². The third kappa shape index (κ3) is 2.70. The summed E-state index contributed by atoms with van der Waals surface area (Å²) in [7, 11) is -0.316. The lowest BCUT2D eigenvalue weighted by molar-refractivity contribution is 0.00578. The van der Waals surface area contributed by atoms with Crippen molar-refractivity contribution in [2.45, 2.75) is 84.5 Å². The summed E-state index contributed by atoms with van der Waals surface area (Å²) in [6.07, 6.45) is 1.13. The summed E-state index contributed by atoms with van der Waals surface area (Å²) in [5.74, 6) is 0.531. The third-order valence-corrected chi connectivity index (χ3v) is 5.80. The van der Waals surface area contributed by atoms with E-state index in [2.05, 4.69) is 72.8 Å². The van der Waals surface area contributed by atoms with E-state index in [1.165, 1.54) is 22.3 Å². The molecule has 23 heavy (non-hydrogen) atoms. The lowest BCUT2D eigenvalue weighted by Crippen LogP contribution is -2.45. The van der Waals surface area contributed by atoms with E-state index in [0.717, 1.165) is 6.42 Å². The van der Waals surface area contributed by atoms with Crippen LogP contribution in [0.2, 0.25) is 0 Å². The highest BCUT2D eigenvalue weighted by Crippen LogP contribution is 2.41. The quantitative estimate of drug-likeness (QED) is 0.795. The number of rotatable bonds is 1. The van der Waals surface area contributed by atoms with E-state index in [0.29, 0.717) is 5.92 Å². The van der Waals surface area contributed by atoms with Crippen LogP contribution in [0.15, 0.2) is 12.1 Å². The molecule has 3 rings (SSSR count). The second-order valence-electron chi connectivity index (χ2n) is 8.96. The summed E-state index contributed by atoms with van der Waals surface area (Å²) in [6.45, 7) is 17.4. The highest BCUT2D eigenvalue weighted by atomic mass is 16.7. The van der Waals surface area contributed by atoms with Crippen LogP contribution in [-0.2, 0) is 9.31 Å². The number of fused-ring (bicyclic) bond motifs is 1. The van der Waals surface area contributed by atoms with Gasteiger partial charge in [0.05, 0.1) is 11.2 Å². The molecule has 126 valence electrons. The topological polar surface area (TPSA) is 30.5 Å². The number of nitrogens with one attached hydrogen (secondary N) is 1. The Morgan fingerprint density at radius 2 is 1.61 bits per heavy atom. The fraction of sp³-hybridized carbons (Fsp3) is 0.684. The maximum absolute atomic E-state index is 6.34. The molecule has 2 aliphatic rings. The summed E-state index contributed by atoms with van der Waals surface area (Å²) in [6, 6.07) is 4.46. The minimum atomic E-state index is -0.317. The van der Waals surface area contributed by atoms with Crippen molar-refractivity contribution >= 4 is 18.3 Å². The van der Waals surface area contributed by atoms with Crippen LogP contribution in [0, 0.1) is 6.92 Å². The molecule has 1 fully saturated rings. The van der Waals surface area contributed by atoms with Crippen LogP contribution < -0.4 is 10.8 Å². The first-order valence-corrected chi connectivity index (χ1v) is 8.71. The Bertz CT molecular complexity index is 621. The lowest BCUT2D eigenvalue weighted by atomic mass is 9.70. The Kier molecular flexibility index (Phi) is 3.66. The molecular weight excluding hydrogens is 285 g/mol. The maximum atomic E-state index is 6.34. The van der Waals surface area contributed by atoms with Crippen molar-refractivity contribution in [3.63, 3.8) is 0 Å². The molecular formula is C19H30BNO2. The first-order valence-electron chi connectivity index (χ1n) is 8.71. The van der Waals surface area contributed by atoms with Crippen LogP contribution in [0.5, 0.6) is 0 Å². The SMILES string of the molecule is Cc1ccc2c(c1B1OC(C)(C)C(C)(C)O1)NC(C)(C)CC2C. The van der Waals surface area contributed by atoms with Gasteiger partial charge in [-0.2, -0.15) is 0 Å². The summed E-state index contributed by atoms with van der Waals surface area (Å²) >= 11 is 0. The van der Waals surface area contributed by atoms with Crippen LogP contribution in [0.4, 0.5) is 5.69 Å². The number of hydrogen-bond acceptors (Lipinski definition) is 3. The van der Waals surface area contributed by atoms with Crippen LogP contribution in [0.3, 0.4) is 0 Å². The molecule has 4 heteroatoms. The molecule has 2 aliphatic heterocycles. The van der Waals surface area contributed by atoms with Gasteiger partial charge in [0.25, 0.3) is 0 Å². The van der Waals surface area contributed by atoms with Crippen molar-refractivity contribution in [1.29, 1.82) is 0 Å². The van der Waals surface area contributed by atoms with Crippen molar-refractivity contribution in [2.75, 3.05) is 5.32 Å². The zero-order valence-corrected chi connectivity index (χ0v) is 15.8. The van der Waals surface area contributed by atoms with Crippen LogP contribution in [-0.4, -0.2) is 23.9 Å². The Labute approximate surface area is 141 Å². The van der Waals surface area contributed by atoms with Crippen molar-refractivity contribution < 1.29 is 9.31 Å². The molecule has 1 unspecified atom stereocenters. The molecule has 1 aromatic carbocycles. The Hall–Kier alpha value is -0.995. The van der Waals surface area contributed by atoms with E-state index < -0.39 is 0 Å². The summed E-state index contributed by atoms with van der Waals surface area (Å²) in [4.78, 5) is 0. The van der Waals surface area contributed by atoms with E-state index >= 15 is 0 Å². The average Bonchev–Trinajstić information content (AvgIpc) is 2.55. The zero-order valence-electron chi connectivity index (χ0n) is 15.8. The molecule has 1 saturated heterocycles. The van der Waals surface area contributed by atoms with Gasteiger partial charge in [0.2, 0.25) is 0 Å². The van der Waals surface area contributed by atoms with E-state index in [9.17, 15) is 0 Å². The van der Waals surface area contributed by atoms with Gasteiger partial charge < -0.3 is 14.6 Å². The van der Waals surface area contributed by atoms with E-state index in [-0.39, 0.29) is 23.9 Å². The second-order valence-corrected chi connectivity index (χ2v) is 8.96. The molecule has 3 nitrogen and oxygen atoms in total. The number of aryl methyl sites for hydroxylation is 1. The first-order chi connectivity index (χ1) is 10.4. The molecule has 0 spiro atoms. The van der Waals surface area contributed by atoms with E-state index in [1.54, 1.807) is 0 Å². The van der Waals surface area contributed by atoms with E-state index in [4.69, 9.17) is 9.31 Å². The number of hydrogen-bond donors (Lipinski definition) is 1. The van der Waals surface area contributed by atoms with Gasteiger partial charge in [-0.15, -0.1) is 0 Å². The zero-order chi connectivity index (χ0) is 17.2. The van der Waals surface area contributed by atoms with Crippen molar-refractivity contribution in [2.24, 2.45) is 0 Å². The normalized spacial score (nSPS) is 27.5.